The molecule has 0 heterocycles. The summed E-state index contributed by atoms with van der Waals surface area (Å²) in [5, 5.41) is 2.25. The molecule has 0 unspecified atom stereocenters. The van der Waals surface area contributed by atoms with E-state index in [1.165, 1.54) is 7.05 Å². The van der Waals surface area contributed by atoms with E-state index in [0.29, 0.717) is 5.56 Å². The lowest BCUT2D eigenvalue weighted by Gasteiger charge is -2.41. The van der Waals surface area contributed by atoms with Gasteiger partial charge in [0.1, 0.15) is 11.6 Å². The van der Waals surface area contributed by atoms with E-state index >= 15 is 0 Å². The van der Waals surface area contributed by atoms with Crippen molar-refractivity contribution < 1.29 is 18.4 Å². The van der Waals surface area contributed by atoms with Crippen LogP contribution in [-0.2, 0) is 0 Å². The second-order valence-corrected chi connectivity index (χ2v) is 6.61. The summed E-state index contributed by atoms with van der Waals surface area (Å²) in [6.07, 6.45) is 0. The van der Waals surface area contributed by atoms with E-state index in [-0.39, 0.29) is 0 Å². The van der Waals surface area contributed by atoms with Crippen molar-refractivity contribution in [1.29, 1.82) is 0 Å². The summed E-state index contributed by atoms with van der Waals surface area (Å²) in [4.78, 5) is 25.6. The van der Waals surface area contributed by atoms with Crippen LogP contribution in [-0.4, -0.2) is 34.4 Å². The van der Waals surface area contributed by atoms with Gasteiger partial charge in [0.15, 0.2) is 0 Å². The molecule has 0 radical (unpaired) electrons. The Kier molecular flexibility index (Phi) is 5.21. The van der Waals surface area contributed by atoms with Gasteiger partial charge >= 0.3 is 0 Å². The number of rotatable bonds is 2. The summed E-state index contributed by atoms with van der Waals surface area (Å²) in [6.45, 7) is 5.12. The number of hydrazine groups is 1. The predicted octanol–water partition coefficient (Wildman–Crippen LogP) is 3.89. The van der Waals surface area contributed by atoms with Crippen LogP contribution in [0.25, 0.3) is 0 Å². The van der Waals surface area contributed by atoms with Crippen LogP contribution in [0.2, 0.25) is 0 Å². The first-order valence-electron chi connectivity index (χ1n) is 7.75. The zero-order valence-corrected chi connectivity index (χ0v) is 14.6. The highest BCUT2D eigenvalue weighted by atomic mass is 19.1. The third-order valence-electron chi connectivity index (χ3n) is 3.60. The summed E-state index contributed by atoms with van der Waals surface area (Å²) in [5.74, 6) is -2.80. The minimum Gasteiger partial charge on any atom is -0.267 e. The number of hydrogen-bond donors (Lipinski definition) is 0. The molecule has 0 bridgehead atoms. The van der Waals surface area contributed by atoms with Gasteiger partial charge < -0.3 is 0 Å². The van der Waals surface area contributed by atoms with Gasteiger partial charge in [0, 0.05) is 12.6 Å². The minimum atomic E-state index is -0.846. The predicted molar refractivity (Wildman–Crippen MR) is 90.8 cm³/mol. The molecule has 132 valence electrons. The Morgan fingerprint density at radius 2 is 1.52 bits per heavy atom. The maximum Gasteiger partial charge on any atom is 0.276 e. The molecule has 0 atom stereocenters. The van der Waals surface area contributed by atoms with Gasteiger partial charge in [0.25, 0.3) is 11.8 Å². The maximum atomic E-state index is 14.0. The summed E-state index contributed by atoms with van der Waals surface area (Å²) in [7, 11) is 1.43. The number of amides is 2. The molecular formula is C19H20F2N2O2. The zero-order chi connectivity index (χ0) is 18.8. The molecule has 2 rings (SSSR count). The lowest BCUT2D eigenvalue weighted by molar-refractivity contribution is -0.0311. The number of halogens is 2. The molecule has 0 aliphatic heterocycles. The molecule has 25 heavy (non-hydrogen) atoms. The van der Waals surface area contributed by atoms with E-state index < -0.39 is 34.6 Å². The third kappa shape index (κ3) is 4.02. The monoisotopic (exact) mass is 346 g/mol. The second-order valence-electron chi connectivity index (χ2n) is 6.61. The van der Waals surface area contributed by atoms with Crippen molar-refractivity contribution in [3.8, 4) is 0 Å². The van der Waals surface area contributed by atoms with E-state index in [2.05, 4.69) is 0 Å². The molecule has 0 saturated carbocycles. The average Bonchev–Trinajstić information content (AvgIpc) is 2.55. The Balaban J connectivity index is 2.44. The van der Waals surface area contributed by atoms with Gasteiger partial charge in [-0.1, -0.05) is 18.2 Å². The molecule has 0 aliphatic carbocycles. The molecule has 2 amide bonds. The van der Waals surface area contributed by atoms with Crippen molar-refractivity contribution in [2.45, 2.75) is 26.3 Å². The fourth-order valence-electron chi connectivity index (χ4n) is 2.52. The summed E-state index contributed by atoms with van der Waals surface area (Å²) in [5.41, 5.74) is -0.885. The molecule has 0 fully saturated rings. The second kappa shape index (κ2) is 7.01. The summed E-state index contributed by atoms with van der Waals surface area (Å²) < 4.78 is 27.5. The van der Waals surface area contributed by atoms with Crippen LogP contribution < -0.4 is 0 Å². The number of carbonyl (C=O) groups is 2. The van der Waals surface area contributed by atoms with Crippen molar-refractivity contribution in [2.24, 2.45) is 0 Å². The first-order valence-corrected chi connectivity index (χ1v) is 7.75. The maximum absolute atomic E-state index is 14.0. The smallest absolute Gasteiger partial charge is 0.267 e. The zero-order valence-electron chi connectivity index (χ0n) is 14.6. The van der Waals surface area contributed by atoms with Crippen LogP contribution in [0.3, 0.4) is 0 Å². The Morgan fingerprint density at radius 1 is 0.920 bits per heavy atom. The number of nitrogens with zero attached hydrogens (tertiary/aromatic N) is 2. The fourth-order valence-corrected chi connectivity index (χ4v) is 2.52. The van der Waals surface area contributed by atoms with Crippen molar-refractivity contribution in [3.63, 3.8) is 0 Å². The quantitative estimate of drug-likeness (QED) is 0.774. The van der Waals surface area contributed by atoms with E-state index in [1.54, 1.807) is 51.1 Å². The Labute approximate surface area is 145 Å². The van der Waals surface area contributed by atoms with Gasteiger partial charge in [-0.15, -0.1) is 0 Å². The van der Waals surface area contributed by atoms with Crippen LogP contribution in [0.15, 0.2) is 48.5 Å². The van der Waals surface area contributed by atoms with Crippen molar-refractivity contribution >= 4 is 11.8 Å². The lowest BCUT2D eigenvalue weighted by Crippen LogP contribution is -2.56. The van der Waals surface area contributed by atoms with Gasteiger partial charge in [-0.2, -0.15) is 0 Å². The molecular weight excluding hydrogens is 326 g/mol. The Morgan fingerprint density at radius 3 is 2.08 bits per heavy atom. The van der Waals surface area contributed by atoms with Crippen LogP contribution in [0.1, 0.15) is 41.5 Å². The van der Waals surface area contributed by atoms with E-state index in [9.17, 15) is 18.4 Å². The van der Waals surface area contributed by atoms with Crippen LogP contribution >= 0.6 is 0 Å². The highest BCUT2D eigenvalue weighted by Crippen LogP contribution is 2.22. The van der Waals surface area contributed by atoms with Crippen LogP contribution in [0.5, 0.6) is 0 Å². The fraction of sp³-hybridized carbons (Fsp3) is 0.263. The van der Waals surface area contributed by atoms with Gasteiger partial charge in [-0.05, 0) is 51.1 Å². The Bertz CT molecular complexity index is 786. The number of benzene rings is 2. The molecule has 0 aromatic heterocycles. The van der Waals surface area contributed by atoms with Crippen LogP contribution in [0, 0.1) is 11.6 Å². The molecule has 2 aromatic carbocycles. The molecule has 4 nitrogen and oxygen atoms in total. The average molecular weight is 346 g/mol. The van der Waals surface area contributed by atoms with Gasteiger partial charge in [-0.3, -0.25) is 9.59 Å². The number of carbonyl (C=O) groups excluding carboxylic acids is 2. The highest BCUT2D eigenvalue weighted by molar-refractivity contribution is 5.99. The SMILES string of the molecule is CN(C(=O)c1ccccc1)N(C(=O)c1cc(F)ccc1F)C(C)(C)C. The molecule has 2 aromatic rings. The van der Waals surface area contributed by atoms with Gasteiger partial charge in [-0.25, -0.2) is 18.8 Å². The largest absolute Gasteiger partial charge is 0.276 e. The molecule has 0 saturated heterocycles. The van der Waals surface area contributed by atoms with E-state index in [4.69, 9.17) is 0 Å². The number of hydrogen-bond acceptors (Lipinski definition) is 2. The normalized spacial score (nSPS) is 11.1. The van der Waals surface area contributed by atoms with Crippen molar-refractivity contribution in [3.05, 3.63) is 71.3 Å². The highest BCUT2D eigenvalue weighted by Gasteiger charge is 2.35. The first kappa shape index (κ1) is 18.6. The summed E-state index contributed by atoms with van der Waals surface area (Å²) in [6, 6.07) is 11.1. The third-order valence-corrected chi connectivity index (χ3v) is 3.60. The van der Waals surface area contributed by atoms with E-state index in [0.717, 1.165) is 28.2 Å². The van der Waals surface area contributed by atoms with Crippen LogP contribution in [0.4, 0.5) is 8.78 Å². The standard InChI is InChI=1S/C19H20F2N2O2/c1-19(2,3)23(18(25)15-12-14(20)10-11-16(15)21)22(4)17(24)13-8-6-5-7-9-13/h5-12H,1-4H3. The molecule has 0 N–H and O–H groups in total. The van der Waals surface area contributed by atoms with Gasteiger partial charge in [0.2, 0.25) is 0 Å². The minimum absolute atomic E-state index is 0.381. The lowest BCUT2D eigenvalue weighted by atomic mass is 10.1. The molecule has 0 spiro atoms. The first-order chi connectivity index (χ1) is 11.6. The van der Waals surface area contributed by atoms with Gasteiger partial charge in [0.05, 0.1) is 11.1 Å². The Hall–Kier alpha value is -2.76. The van der Waals surface area contributed by atoms with Crippen molar-refractivity contribution in [2.75, 3.05) is 7.05 Å². The molecule has 0 aliphatic rings. The molecule has 6 heteroatoms. The topological polar surface area (TPSA) is 40.6 Å². The van der Waals surface area contributed by atoms with Crippen molar-refractivity contribution in [1.82, 2.24) is 10.0 Å². The van der Waals surface area contributed by atoms with E-state index in [1.807, 2.05) is 0 Å². The summed E-state index contributed by atoms with van der Waals surface area (Å²) >= 11 is 0.